The molecule has 1 amide bonds. The Morgan fingerprint density at radius 1 is 1.19 bits per heavy atom. The summed E-state index contributed by atoms with van der Waals surface area (Å²) in [5.41, 5.74) is 0.793. The molecule has 1 N–H and O–H groups in total. The molecule has 0 aliphatic heterocycles. The number of amides is 1. The fourth-order valence-electron chi connectivity index (χ4n) is 2.93. The van der Waals surface area contributed by atoms with Crippen LogP contribution in [0.25, 0.3) is 0 Å². The van der Waals surface area contributed by atoms with E-state index in [2.05, 4.69) is 24.1 Å². The number of nitro benzene ring substituents is 1. The van der Waals surface area contributed by atoms with E-state index in [1.807, 2.05) is 30.3 Å². The molecule has 0 saturated carbocycles. The lowest BCUT2D eigenvalue weighted by molar-refractivity contribution is -0.385. The van der Waals surface area contributed by atoms with Gasteiger partial charge in [0.25, 0.3) is 11.6 Å². The van der Waals surface area contributed by atoms with Crippen LogP contribution in [0.15, 0.2) is 48.5 Å². The van der Waals surface area contributed by atoms with Gasteiger partial charge in [-0.1, -0.05) is 55.8 Å². The molecule has 0 aromatic heterocycles. The second-order valence-electron chi connectivity index (χ2n) is 5.78. The van der Waals surface area contributed by atoms with Crippen molar-refractivity contribution >= 4 is 23.2 Å². The molecule has 0 aliphatic carbocycles. The second kappa shape index (κ2) is 9.31. The quantitative estimate of drug-likeness (QED) is 0.557. The van der Waals surface area contributed by atoms with E-state index >= 15 is 0 Å². The Morgan fingerprint density at radius 2 is 1.85 bits per heavy atom. The zero-order chi connectivity index (χ0) is 19.1. The third kappa shape index (κ3) is 4.80. The van der Waals surface area contributed by atoms with Crippen LogP contribution < -0.4 is 5.32 Å². The fourth-order valence-corrected chi connectivity index (χ4v) is 3.10. The summed E-state index contributed by atoms with van der Waals surface area (Å²) in [5.74, 6) is -0.485. The zero-order valence-electron chi connectivity index (χ0n) is 14.8. The molecule has 138 valence electrons. The molecule has 26 heavy (non-hydrogen) atoms. The monoisotopic (exact) mass is 375 g/mol. The first-order chi connectivity index (χ1) is 12.5. The molecule has 0 bridgehead atoms. The molecule has 0 radical (unpaired) electrons. The van der Waals surface area contributed by atoms with E-state index in [0.717, 1.165) is 18.7 Å². The molecule has 1 atom stereocenters. The van der Waals surface area contributed by atoms with Crippen LogP contribution in [0.3, 0.4) is 0 Å². The molecule has 0 spiro atoms. The number of likely N-dealkylation sites (N-methyl/N-ethyl adjacent to an activating group) is 1. The van der Waals surface area contributed by atoms with Gasteiger partial charge in [-0.15, -0.1) is 0 Å². The van der Waals surface area contributed by atoms with Gasteiger partial charge in [0.1, 0.15) is 5.56 Å². The molecule has 1 unspecified atom stereocenters. The van der Waals surface area contributed by atoms with Crippen LogP contribution in [0.4, 0.5) is 5.69 Å². The molecule has 2 aromatic carbocycles. The van der Waals surface area contributed by atoms with Crippen LogP contribution in [0.5, 0.6) is 0 Å². The Labute approximate surface area is 157 Å². The first kappa shape index (κ1) is 19.9. The number of hydrogen-bond acceptors (Lipinski definition) is 4. The second-order valence-corrected chi connectivity index (χ2v) is 6.21. The van der Waals surface area contributed by atoms with Crippen molar-refractivity contribution in [3.63, 3.8) is 0 Å². The third-order valence-electron chi connectivity index (χ3n) is 4.29. The molecule has 2 aromatic rings. The lowest BCUT2D eigenvalue weighted by Gasteiger charge is -2.30. The highest BCUT2D eigenvalue weighted by molar-refractivity contribution is 6.31. The van der Waals surface area contributed by atoms with Crippen molar-refractivity contribution in [2.75, 3.05) is 19.6 Å². The number of carbonyl (C=O) groups excluding carboxylic acids is 1. The van der Waals surface area contributed by atoms with E-state index < -0.39 is 10.8 Å². The third-order valence-corrected chi connectivity index (χ3v) is 4.53. The predicted molar refractivity (Wildman–Crippen MR) is 103 cm³/mol. The molecule has 0 fully saturated rings. The van der Waals surface area contributed by atoms with Crippen LogP contribution >= 0.6 is 11.6 Å². The molecular weight excluding hydrogens is 354 g/mol. The lowest BCUT2D eigenvalue weighted by Crippen LogP contribution is -2.38. The van der Waals surface area contributed by atoms with E-state index in [9.17, 15) is 14.9 Å². The summed E-state index contributed by atoms with van der Waals surface area (Å²) < 4.78 is 0. The number of benzene rings is 2. The SMILES string of the molecule is CCN(CC)C(CNC(=O)c1ccc(Cl)cc1[N+](=O)[O-])c1ccccc1. The molecular formula is C19H22ClN3O3. The van der Waals surface area contributed by atoms with Gasteiger partial charge in [-0.3, -0.25) is 19.8 Å². The Morgan fingerprint density at radius 3 is 2.42 bits per heavy atom. The minimum atomic E-state index is -0.597. The van der Waals surface area contributed by atoms with E-state index in [1.165, 1.54) is 18.2 Å². The highest BCUT2D eigenvalue weighted by Crippen LogP contribution is 2.24. The van der Waals surface area contributed by atoms with E-state index in [4.69, 9.17) is 11.6 Å². The first-order valence-corrected chi connectivity index (χ1v) is 8.86. The summed E-state index contributed by atoms with van der Waals surface area (Å²) in [6.07, 6.45) is 0. The Bertz CT molecular complexity index is 764. The van der Waals surface area contributed by atoms with Gasteiger partial charge < -0.3 is 5.32 Å². The van der Waals surface area contributed by atoms with Gasteiger partial charge in [0.2, 0.25) is 0 Å². The molecule has 0 heterocycles. The summed E-state index contributed by atoms with van der Waals surface area (Å²) in [7, 11) is 0. The Hall–Kier alpha value is -2.44. The number of halogens is 1. The zero-order valence-corrected chi connectivity index (χ0v) is 15.6. The number of nitro groups is 1. The van der Waals surface area contributed by atoms with Crippen LogP contribution in [0.1, 0.15) is 35.8 Å². The largest absolute Gasteiger partial charge is 0.350 e. The van der Waals surface area contributed by atoms with Crippen LogP contribution in [-0.4, -0.2) is 35.4 Å². The maximum absolute atomic E-state index is 12.5. The van der Waals surface area contributed by atoms with Gasteiger partial charge in [0, 0.05) is 17.6 Å². The Kier molecular flexibility index (Phi) is 7.12. The molecule has 6 nitrogen and oxygen atoms in total. The molecule has 7 heteroatoms. The number of nitrogens with zero attached hydrogens (tertiary/aromatic N) is 2. The fraction of sp³-hybridized carbons (Fsp3) is 0.316. The topological polar surface area (TPSA) is 75.5 Å². The van der Waals surface area contributed by atoms with Crippen molar-refractivity contribution in [2.24, 2.45) is 0 Å². The van der Waals surface area contributed by atoms with Crippen molar-refractivity contribution in [2.45, 2.75) is 19.9 Å². The molecule has 0 aliphatic rings. The average molecular weight is 376 g/mol. The minimum absolute atomic E-state index is 0.00533. The van der Waals surface area contributed by atoms with Gasteiger partial charge >= 0.3 is 0 Å². The van der Waals surface area contributed by atoms with Crippen molar-refractivity contribution < 1.29 is 9.72 Å². The average Bonchev–Trinajstić information content (AvgIpc) is 2.65. The van der Waals surface area contributed by atoms with Crippen LogP contribution in [-0.2, 0) is 0 Å². The lowest BCUT2D eigenvalue weighted by atomic mass is 10.0. The highest BCUT2D eigenvalue weighted by Gasteiger charge is 2.23. The summed E-state index contributed by atoms with van der Waals surface area (Å²) in [6, 6.07) is 13.9. The van der Waals surface area contributed by atoms with Gasteiger partial charge in [-0.25, -0.2) is 0 Å². The molecule has 2 rings (SSSR count). The number of carbonyl (C=O) groups is 1. The van der Waals surface area contributed by atoms with Crippen molar-refractivity contribution in [3.05, 3.63) is 74.8 Å². The normalized spacial score (nSPS) is 12.0. The number of hydrogen-bond donors (Lipinski definition) is 1. The number of nitrogens with one attached hydrogen (secondary N) is 1. The predicted octanol–water partition coefficient (Wildman–Crippen LogP) is 4.06. The summed E-state index contributed by atoms with van der Waals surface area (Å²) in [6.45, 7) is 6.13. The van der Waals surface area contributed by atoms with E-state index in [-0.39, 0.29) is 22.3 Å². The van der Waals surface area contributed by atoms with Crippen molar-refractivity contribution in [1.82, 2.24) is 10.2 Å². The summed E-state index contributed by atoms with van der Waals surface area (Å²) in [4.78, 5) is 25.4. The maximum Gasteiger partial charge on any atom is 0.283 e. The standard InChI is InChI=1S/C19H22ClN3O3/c1-3-22(4-2)18(14-8-6-5-7-9-14)13-21-19(24)16-11-10-15(20)12-17(16)23(25)26/h5-12,18H,3-4,13H2,1-2H3,(H,21,24). The number of rotatable bonds is 8. The molecule has 0 saturated heterocycles. The van der Waals surface area contributed by atoms with Gasteiger partial charge in [-0.2, -0.15) is 0 Å². The van der Waals surface area contributed by atoms with Crippen molar-refractivity contribution in [1.29, 1.82) is 0 Å². The maximum atomic E-state index is 12.5. The van der Waals surface area contributed by atoms with Crippen LogP contribution in [0, 0.1) is 10.1 Å². The minimum Gasteiger partial charge on any atom is -0.350 e. The summed E-state index contributed by atoms with van der Waals surface area (Å²) >= 11 is 5.81. The van der Waals surface area contributed by atoms with Crippen molar-refractivity contribution in [3.8, 4) is 0 Å². The highest BCUT2D eigenvalue weighted by atomic mass is 35.5. The van der Waals surface area contributed by atoms with E-state index in [0.29, 0.717) is 6.54 Å². The smallest absolute Gasteiger partial charge is 0.283 e. The van der Waals surface area contributed by atoms with Gasteiger partial charge in [0.15, 0.2) is 0 Å². The van der Waals surface area contributed by atoms with E-state index in [1.54, 1.807) is 0 Å². The van der Waals surface area contributed by atoms with Gasteiger partial charge in [0.05, 0.1) is 11.0 Å². The Balaban J connectivity index is 2.21. The summed E-state index contributed by atoms with van der Waals surface area (Å²) in [5, 5.41) is 14.3. The van der Waals surface area contributed by atoms with Gasteiger partial charge in [-0.05, 0) is 30.8 Å². The van der Waals surface area contributed by atoms with Crippen LogP contribution in [0.2, 0.25) is 5.02 Å². The first-order valence-electron chi connectivity index (χ1n) is 8.49.